The minimum absolute atomic E-state index is 0.0136. The molecule has 0 spiro atoms. The zero-order valence-corrected chi connectivity index (χ0v) is 18.7. The Hall–Kier alpha value is -3.53. The Bertz CT molecular complexity index is 988. The van der Waals surface area contributed by atoms with Crippen molar-refractivity contribution in [1.29, 1.82) is 0 Å². The Morgan fingerprint density at radius 1 is 0.938 bits per heavy atom. The SMILES string of the molecule is Cc1ccc(NC(=O)NC(=O)COC(=O)CCNC(=O)CCC(=O)c2cccs2)cc1C. The monoisotopic (exact) mass is 459 g/mol. The third-order valence-corrected chi connectivity index (χ3v) is 5.32. The molecule has 0 bridgehead atoms. The smallest absolute Gasteiger partial charge is 0.325 e. The average molecular weight is 460 g/mol. The summed E-state index contributed by atoms with van der Waals surface area (Å²) in [6.07, 6.45) is -0.0439. The van der Waals surface area contributed by atoms with Gasteiger partial charge in [-0.25, -0.2) is 4.79 Å². The van der Waals surface area contributed by atoms with Crippen LogP contribution in [0, 0.1) is 13.8 Å². The van der Waals surface area contributed by atoms with Crippen molar-refractivity contribution in [3.05, 3.63) is 51.7 Å². The van der Waals surface area contributed by atoms with E-state index in [0.29, 0.717) is 10.6 Å². The number of ether oxygens (including phenoxy) is 1. The molecule has 0 unspecified atom stereocenters. The van der Waals surface area contributed by atoms with E-state index in [9.17, 15) is 24.0 Å². The fraction of sp³-hybridized carbons (Fsp3) is 0.318. The Kier molecular flexibility index (Phi) is 9.55. The second kappa shape index (κ2) is 12.4. The van der Waals surface area contributed by atoms with Gasteiger partial charge in [-0.05, 0) is 48.6 Å². The maximum absolute atomic E-state index is 11.8. The third-order valence-electron chi connectivity index (χ3n) is 4.41. The average Bonchev–Trinajstić information content (AvgIpc) is 3.28. The highest BCUT2D eigenvalue weighted by Crippen LogP contribution is 2.14. The number of carbonyl (C=O) groups is 5. The van der Waals surface area contributed by atoms with E-state index < -0.39 is 24.5 Å². The molecular formula is C22H25N3O6S. The van der Waals surface area contributed by atoms with E-state index in [0.717, 1.165) is 11.1 Å². The molecule has 0 fully saturated rings. The molecule has 2 rings (SSSR count). The van der Waals surface area contributed by atoms with Crippen LogP contribution in [0.4, 0.5) is 10.5 Å². The van der Waals surface area contributed by atoms with E-state index in [1.165, 1.54) is 11.3 Å². The molecule has 0 aliphatic rings. The van der Waals surface area contributed by atoms with Gasteiger partial charge in [0.25, 0.3) is 5.91 Å². The molecule has 1 heterocycles. The highest BCUT2D eigenvalue weighted by atomic mass is 32.1. The number of thiophene rings is 1. The molecule has 1 aromatic heterocycles. The van der Waals surface area contributed by atoms with Crippen molar-refractivity contribution in [2.75, 3.05) is 18.5 Å². The highest BCUT2D eigenvalue weighted by Gasteiger charge is 2.13. The van der Waals surface area contributed by atoms with E-state index in [1.807, 2.05) is 19.9 Å². The summed E-state index contributed by atoms with van der Waals surface area (Å²) < 4.78 is 4.78. The minimum atomic E-state index is -0.782. The number of hydrogen-bond acceptors (Lipinski definition) is 7. The molecule has 0 saturated carbocycles. The van der Waals surface area contributed by atoms with Crippen LogP contribution in [0.25, 0.3) is 0 Å². The zero-order valence-electron chi connectivity index (χ0n) is 17.9. The largest absolute Gasteiger partial charge is 0.456 e. The quantitative estimate of drug-likeness (QED) is 0.370. The Morgan fingerprint density at radius 2 is 1.72 bits per heavy atom. The minimum Gasteiger partial charge on any atom is -0.456 e. The molecule has 2 aromatic rings. The van der Waals surface area contributed by atoms with Crippen LogP contribution in [0.3, 0.4) is 0 Å². The lowest BCUT2D eigenvalue weighted by Crippen LogP contribution is -2.37. The van der Waals surface area contributed by atoms with Gasteiger partial charge in [-0.3, -0.25) is 24.5 Å². The van der Waals surface area contributed by atoms with Crippen LogP contribution in [0.5, 0.6) is 0 Å². The maximum Gasteiger partial charge on any atom is 0.325 e. The molecule has 0 aliphatic heterocycles. The molecule has 3 N–H and O–H groups in total. The number of urea groups is 1. The van der Waals surface area contributed by atoms with Gasteiger partial charge >= 0.3 is 12.0 Å². The number of rotatable bonds is 10. The number of imide groups is 1. The van der Waals surface area contributed by atoms with Crippen molar-refractivity contribution in [3.63, 3.8) is 0 Å². The molecule has 4 amide bonds. The first kappa shape index (κ1) is 24.7. The maximum atomic E-state index is 11.8. The van der Waals surface area contributed by atoms with E-state index in [1.54, 1.807) is 29.6 Å². The topological polar surface area (TPSA) is 131 Å². The lowest BCUT2D eigenvalue weighted by atomic mass is 10.1. The molecule has 10 heteroatoms. The molecule has 1 aromatic carbocycles. The fourth-order valence-electron chi connectivity index (χ4n) is 2.54. The van der Waals surface area contributed by atoms with Crippen molar-refractivity contribution in [2.45, 2.75) is 33.1 Å². The molecule has 170 valence electrons. The summed E-state index contributed by atoms with van der Waals surface area (Å²) in [6.45, 7) is 3.23. The van der Waals surface area contributed by atoms with Crippen LogP contribution in [0.15, 0.2) is 35.7 Å². The molecule has 32 heavy (non-hydrogen) atoms. The van der Waals surface area contributed by atoms with Gasteiger partial charge in [0, 0.05) is 25.1 Å². The first-order valence-corrected chi connectivity index (χ1v) is 10.8. The van der Waals surface area contributed by atoms with Crippen LogP contribution in [0.2, 0.25) is 0 Å². The number of anilines is 1. The summed E-state index contributed by atoms with van der Waals surface area (Å²) in [7, 11) is 0. The summed E-state index contributed by atoms with van der Waals surface area (Å²) in [5, 5.41) is 8.89. The summed E-state index contributed by atoms with van der Waals surface area (Å²) >= 11 is 1.32. The standard InChI is InChI=1S/C22H25N3O6S/c1-14-5-6-16(12-15(14)2)24-22(30)25-20(28)13-31-21(29)9-10-23-19(27)8-7-17(26)18-4-3-11-32-18/h3-6,11-12H,7-10,13H2,1-2H3,(H,23,27)(H2,24,25,28,30). The Labute approximate surface area is 189 Å². The van der Waals surface area contributed by atoms with Gasteiger partial charge in [0.05, 0.1) is 11.3 Å². The van der Waals surface area contributed by atoms with Crippen LogP contribution in [-0.2, 0) is 19.1 Å². The van der Waals surface area contributed by atoms with Gasteiger partial charge in [0.1, 0.15) is 0 Å². The molecular weight excluding hydrogens is 434 g/mol. The van der Waals surface area contributed by atoms with Gasteiger partial charge in [0.2, 0.25) is 5.91 Å². The van der Waals surface area contributed by atoms with Gasteiger partial charge in [-0.2, -0.15) is 0 Å². The van der Waals surface area contributed by atoms with Gasteiger partial charge in [0.15, 0.2) is 12.4 Å². The fourth-order valence-corrected chi connectivity index (χ4v) is 3.24. The number of carbonyl (C=O) groups excluding carboxylic acids is 5. The molecule has 0 aliphatic carbocycles. The predicted molar refractivity (Wildman–Crippen MR) is 120 cm³/mol. The van der Waals surface area contributed by atoms with Crippen molar-refractivity contribution in [2.24, 2.45) is 0 Å². The molecule has 0 radical (unpaired) electrons. The summed E-state index contributed by atoms with van der Waals surface area (Å²) in [6, 6.07) is 8.05. The number of nitrogens with one attached hydrogen (secondary N) is 3. The van der Waals surface area contributed by atoms with Gasteiger partial charge < -0.3 is 15.4 Å². The van der Waals surface area contributed by atoms with Crippen molar-refractivity contribution < 1.29 is 28.7 Å². The second-order valence-electron chi connectivity index (χ2n) is 6.96. The normalized spacial score (nSPS) is 10.2. The number of Topliss-reactive ketones (excluding diaryl/α,β-unsaturated/α-hetero) is 1. The second-order valence-corrected chi connectivity index (χ2v) is 7.91. The van der Waals surface area contributed by atoms with E-state index >= 15 is 0 Å². The summed E-state index contributed by atoms with van der Waals surface area (Å²) in [5.41, 5.74) is 2.59. The van der Waals surface area contributed by atoms with Crippen LogP contribution in [0.1, 0.15) is 40.1 Å². The number of ketones is 1. The van der Waals surface area contributed by atoms with Crippen LogP contribution >= 0.6 is 11.3 Å². The van der Waals surface area contributed by atoms with Gasteiger partial charge in [-0.15, -0.1) is 11.3 Å². The zero-order chi connectivity index (χ0) is 23.5. The number of benzene rings is 1. The van der Waals surface area contributed by atoms with Gasteiger partial charge in [-0.1, -0.05) is 12.1 Å². The van der Waals surface area contributed by atoms with Crippen molar-refractivity contribution in [1.82, 2.24) is 10.6 Å². The number of esters is 1. The Balaban J connectivity index is 1.58. The third kappa shape index (κ3) is 8.68. The van der Waals surface area contributed by atoms with E-state index in [4.69, 9.17) is 4.74 Å². The predicted octanol–water partition coefficient (Wildman–Crippen LogP) is 2.73. The van der Waals surface area contributed by atoms with Crippen molar-refractivity contribution in [3.8, 4) is 0 Å². The van der Waals surface area contributed by atoms with E-state index in [-0.39, 0.29) is 37.5 Å². The van der Waals surface area contributed by atoms with Crippen molar-refractivity contribution >= 4 is 46.6 Å². The first-order valence-electron chi connectivity index (χ1n) is 9.91. The highest BCUT2D eigenvalue weighted by molar-refractivity contribution is 7.12. The lowest BCUT2D eigenvalue weighted by molar-refractivity contribution is -0.148. The number of aryl methyl sites for hydroxylation is 2. The molecule has 9 nitrogen and oxygen atoms in total. The first-order chi connectivity index (χ1) is 15.2. The van der Waals surface area contributed by atoms with Crippen LogP contribution < -0.4 is 16.0 Å². The van der Waals surface area contributed by atoms with Crippen LogP contribution in [-0.4, -0.2) is 42.7 Å². The molecule has 0 saturated heterocycles. The number of hydrogen-bond donors (Lipinski definition) is 3. The summed E-state index contributed by atoms with van der Waals surface area (Å²) in [5.74, 6) is -1.95. The summed E-state index contributed by atoms with van der Waals surface area (Å²) in [4.78, 5) is 59.5. The van der Waals surface area contributed by atoms with E-state index in [2.05, 4.69) is 16.0 Å². The number of amides is 4. The molecule has 0 atom stereocenters. The Morgan fingerprint density at radius 3 is 2.41 bits per heavy atom. The lowest BCUT2D eigenvalue weighted by Gasteiger charge is -2.09.